The van der Waals surface area contributed by atoms with Gasteiger partial charge in [0.15, 0.2) is 11.2 Å². The molecule has 1 aromatic carbocycles. The molecule has 1 aliphatic carbocycles. The molecule has 0 N–H and O–H groups in total. The fourth-order valence-corrected chi connectivity index (χ4v) is 3.14. The van der Waals surface area contributed by atoms with Gasteiger partial charge in [-0.1, -0.05) is 35.1 Å². The van der Waals surface area contributed by atoms with Crippen molar-refractivity contribution in [1.29, 1.82) is 0 Å². The Morgan fingerprint density at radius 3 is 2.79 bits per heavy atom. The van der Waals surface area contributed by atoms with E-state index in [1.807, 2.05) is 30.3 Å². The SMILES string of the molecule is O=c1c2nnn(-c3ccccc3)c2ncn1CCC1=CCCCC1. The first kappa shape index (κ1) is 14.8. The smallest absolute Gasteiger partial charge is 0.283 e. The average molecular weight is 321 g/mol. The fraction of sp³-hybridized carbons (Fsp3) is 0.333. The molecular weight excluding hydrogens is 302 g/mol. The van der Waals surface area contributed by atoms with Crippen molar-refractivity contribution < 1.29 is 0 Å². The lowest BCUT2D eigenvalue weighted by Gasteiger charge is -2.13. The van der Waals surface area contributed by atoms with Crippen LogP contribution < -0.4 is 5.56 Å². The predicted molar refractivity (Wildman–Crippen MR) is 92.1 cm³/mol. The largest absolute Gasteiger partial charge is 0.297 e. The van der Waals surface area contributed by atoms with Crippen LogP contribution in [-0.4, -0.2) is 24.5 Å². The van der Waals surface area contributed by atoms with Crippen LogP contribution in [0.4, 0.5) is 0 Å². The van der Waals surface area contributed by atoms with Gasteiger partial charge in [-0.3, -0.25) is 9.36 Å². The van der Waals surface area contributed by atoms with Crippen molar-refractivity contribution in [3.05, 3.63) is 58.7 Å². The molecule has 0 saturated heterocycles. The molecular formula is C18H19N5O. The third-order valence-corrected chi connectivity index (χ3v) is 4.49. The number of aryl methyl sites for hydroxylation is 1. The van der Waals surface area contributed by atoms with E-state index in [1.54, 1.807) is 15.6 Å². The summed E-state index contributed by atoms with van der Waals surface area (Å²) in [7, 11) is 0. The molecule has 0 radical (unpaired) electrons. The van der Waals surface area contributed by atoms with Gasteiger partial charge in [-0.15, -0.1) is 5.10 Å². The third kappa shape index (κ3) is 2.75. The normalized spacial score (nSPS) is 14.8. The lowest BCUT2D eigenvalue weighted by Crippen LogP contribution is -2.21. The Morgan fingerprint density at radius 1 is 1.12 bits per heavy atom. The molecule has 0 amide bonds. The maximum absolute atomic E-state index is 12.6. The Morgan fingerprint density at radius 2 is 2.00 bits per heavy atom. The Kier molecular flexibility index (Phi) is 3.94. The highest BCUT2D eigenvalue weighted by Crippen LogP contribution is 2.20. The number of fused-ring (bicyclic) bond motifs is 1. The molecule has 6 heteroatoms. The topological polar surface area (TPSA) is 65.6 Å². The zero-order valence-corrected chi connectivity index (χ0v) is 13.4. The molecule has 1 aliphatic rings. The zero-order valence-electron chi connectivity index (χ0n) is 13.4. The van der Waals surface area contributed by atoms with Gasteiger partial charge >= 0.3 is 0 Å². The van der Waals surface area contributed by atoms with Gasteiger partial charge in [-0.05, 0) is 44.2 Å². The average Bonchev–Trinajstić information content (AvgIpc) is 3.08. The second-order valence-electron chi connectivity index (χ2n) is 6.11. The lowest BCUT2D eigenvalue weighted by molar-refractivity contribution is 0.610. The van der Waals surface area contributed by atoms with E-state index < -0.39 is 0 Å². The number of benzene rings is 1. The summed E-state index contributed by atoms with van der Waals surface area (Å²) >= 11 is 0. The van der Waals surface area contributed by atoms with Gasteiger partial charge in [-0.25, -0.2) is 4.98 Å². The standard InChI is InChI=1S/C18H19N5O/c24-18-16-17(23(21-20-16)15-9-5-2-6-10-15)19-13-22(18)12-11-14-7-3-1-4-8-14/h2,5-7,9-10,13H,1,3-4,8,11-12H2. The summed E-state index contributed by atoms with van der Waals surface area (Å²) in [6.07, 6.45) is 9.66. The summed E-state index contributed by atoms with van der Waals surface area (Å²) < 4.78 is 3.24. The first-order valence-electron chi connectivity index (χ1n) is 8.37. The van der Waals surface area contributed by atoms with Crippen LogP contribution in [0, 0.1) is 0 Å². The van der Waals surface area contributed by atoms with Crippen molar-refractivity contribution in [1.82, 2.24) is 24.5 Å². The van der Waals surface area contributed by atoms with Crippen LogP contribution in [0.1, 0.15) is 32.1 Å². The number of aromatic nitrogens is 5. The molecule has 0 saturated carbocycles. The van der Waals surface area contributed by atoms with Gasteiger partial charge in [-0.2, -0.15) is 4.68 Å². The molecule has 0 fully saturated rings. The predicted octanol–water partition coefficient (Wildman–Crippen LogP) is 2.87. The highest BCUT2D eigenvalue weighted by Gasteiger charge is 2.13. The monoisotopic (exact) mass is 321 g/mol. The van der Waals surface area contributed by atoms with E-state index in [9.17, 15) is 4.79 Å². The summed E-state index contributed by atoms with van der Waals surface area (Å²) in [5.41, 5.74) is 2.98. The van der Waals surface area contributed by atoms with Crippen LogP contribution in [-0.2, 0) is 6.54 Å². The van der Waals surface area contributed by atoms with Crippen molar-refractivity contribution in [3.8, 4) is 5.69 Å². The van der Waals surface area contributed by atoms with Gasteiger partial charge in [0.1, 0.15) is 6.33 Å². The number of para-hydroxylation sites is 1. The van der Waals surface area contributed by atoms with Crippen LogP contribution in [0.3, 0.4) is 0 Å². The van der Waals surface area contributed by atoms with E-state index in [1.165, 1.54) is 18.4 Å². The Hall–Kier alpha value is -2.76. The van der Waals surface area contributed by atoms with Crippen LogP contribution in [0.25, 0.3) is 16.9 Å². The van der Waals surface area contributed by atoms with Crippen molar-refractivity contribution in [2.75, 3.05) is 0 Å². The zero-order chi connectivity index (χ0) is 16.4. The molecule has 0 bridgehead atoms. The molecule has 122 valence electrons. The maximum Gasteiger partial charge on any atom is 0.283 e. The number of allylic oxidation sites excluding steroid dienone is 2. The van der Waals surface area contributed by atoms with Gasteiger partial charge in [0, 0.05) is 6.54 Å². The molecule has 2 aromatic heterocycles. The first-order valence-corrected chi connectivity index (χ1v) is 8.37. The summed E-state index contributed by atoms with van der Waals surface area (Å²) in [5.74, 6) is 0. The van der Waals surface area contributed by atoms with Crippen LogP contribution >= 0.6 is 0 Å². The first-order chi connectivity index (χ1) is 11.8. The van der Waals surface area contributed by atoms with Crippen molar-refractivity contribution in [3.63, 3.8) is 0 Å². The number of hydrogen-bond acceptors (Lipinski definition) is 4. The Bertz CT molecular complexity index is 939. The van der Waals surface area contributed by atoms with Crippen molar-refractivity contribution >= 4 is 11.2 Å². The molecule has 0 spiro atoms. The second-order valence-corrected chi connectivity index (χ2v) is 6.11. The molecule has 0 atom stereocenters. The van der Waals surface area contributed by atoms with E-state index in [0.29, 0.717) is 17.7 Å². The van der Waals surface area contributed by atoms with Crippen LogP contribution in [0.2, 0.25) is 0 Å². The summed E-state index contributed by atoms with van der Waals surface area (Å²) in [5, 5.41) is 8.15. The molecule has 4 rings (SSSR count). The molecule has 3 aromatic rings. The van der Waals surface area contributed by atoms with Gasteiger partial charge in [0.05, 0.1) is 5.69 Å². The van der Waals surface area contributed by atoms with Gasteiger partial charge in [0.25, 0.3) is 5.56 Å². The van der Waals surface area contributed by atoms with E-state index in [-0.39, 0.29) is 5.56 Å². The number of rotatable bonds is 4. The highest BCUT2D eigenvalue weighted by molar-refractivity contribution is 5.70. The molecule has 0 aliphatic heterocycles. The highest BCUT2D eigenvalue weighted by atomic mass is 16.1. The van der Waals surface area contributed by atoms with Crippen molar-refractivity contribution in [2.45, 2.75) is 38.6 Å². The quantitative estimate of drug-likeness (QED) is 0.693. The Labute approximate surface area is 139 Å². The molecule has 0 unspecified atom stereocenters. The van der Waals surface area contributed by atoms with Gasteiger partial charge in [0.2, 0.25) is 0 Å². The van der Waals surface area contributed by atoms with Gasteiger partial charge < -0.3 is 0 Å². The van der Waals surface area contributed by atoms with E-state index in [4.69, 9.17) is 0 Å². The lowest BCUT2D eigenvalue weighted by atomic mass is 9.97. The van der Waals surface area contributed by atoms with Crippen LogP contribution in [0.15, 0.2) is 53.1 Å². The summed E-state index contributed by atoms with van der Waals surface area (Å²) in [6, 6.07) is 9.60. The minimum Gasteiger partial charge on any atom is -0.297 e. The third-order valence-electron chi connectivity index (χ3n) is 4.49. The van der Waals surface area contributed by atoms with E-state index in [2.05, 4.69) is 21.4 Å². The summed E-state index contributed by atoms with van der Waals surface area (Å²) in [4.78, 5) is 17.1. The maximum atomic E-state index is 12.6. The molecule has 2 heterocycles. The fourth-order valence-electron chi connectivity index (χ4n) is 3.14. The molecule has 6 nitrogen and oxygen atoms in total. The Balaban J connectivity index is 1.64. The summed E-state index contributed by atoms with van der Waals surface area (Å²) in [6.45, 7) is 0.645. The molecule has 24 heavy (non-hydrogen) atoms. The van der Waals surface area contributed by atoms with Crippen LogP contribution in [0.5, 0.6) is 0 Å². The van der Waals surface area contributed by atoms with E-state index >= 15 is 0 Å². The minimum absolute atomic E-state index is 0.126. The second kappa shape index (κ2) is 6.39. The minimum atomic E-state index is -0.126. The van der Waals surface area contributed by atoms with E-state index in [0.717, 1.165) is 24.9 Å². The number of nitrogens with zero attached hydrogens (tertiary/aromatic N) is 5. The number of hydrogen-bond donors (Lipinski definition) is 0. The van der Waals surface area contributed by atoms with Crippen molar-refractivity contribution in [2.24, 2.45) is 0 Å².